The highest BCUT2D eigenvalue weighted by atomic mass is 35.5. The van der Waals surface area contributed by atoms with Crippen molar-refractivity contribution < 1.29 is 4.79 Å². The van der Waals surface area contributed by atoms with Crippen LogP contribution in [0, 0.1) is 0 Å². The quantitative estimate of drug-likeness (QED) is 0.476. The van der Waals surface area contributed by atoms with Gasteiger partial charge in [-0.1, -0.05) is 11.6 Å². The Morgan fingerprint density at radius 1 is 1.07 bits per heavy atom. The molecule has 0 bridgehead atoms. The molecule has 2 aliphatic carbocycles. The first-order valence-corrected chi connectivity index (χ1v) is 11.6. The molecule has 0 saturated heterocycles. The number of nitrogens with one attached hydrogen (secondary N) is 1. The Labute approximate surface area is 179 Å². The van der Waals surface area contributed by atoms with Crippen molar-refractivity contribution in [2.75, 3.05) is 11.6 Å². The number of nitrogens with zero attached hydrogens (tertiary/aromatic N) is 2. The molecule has 29 heavy (non-hydrogen) atoms. The summed E-state index contributed by atoms with van der Waals surface area (Å²) >= 11 is 7.81. The van der Waals surface area contributed by atoms with Crippen molar-refractivity contribution in [3.63, 3.8) is 0 Å². The molecule has 4 nitrogen and oxygen atoms in total. The normalized spacial score (nSPS) is 16.1. The van der Waals surface area contributed by atoms with Crippen molar-refractivity contribution >= 4 is 35.0 Å². The number of halogens is 1. The van der Waals surface area contributed by atoms with Crippen LogP contribution >= 0.6 is 23.4 Å². The second kappa shape index (κ2) is 7.54. The van der Waals surface area contributed by atoms with Crippen LogP contribution in [0.1, 0.15) is 59.3 Å². The van der Waals surface area contributed by atoms with Crippen LogP contribution in [0.15, 0.2) is 53.4 Å². The highest BCUT2D eigenvalue weighted by Gasteiger charge is 2.32. The van der Waals surface area contributed by atoms with Crippen LogP contribution in [0.5, 0.6) is 0 Å². The predicted molar refractivity (Wildman–Crippen MR) is 119 cm³/mol. The minimum absolute atomic E-state index is 0.201. The summed E-state index contributed by atoms with van der Waals surface area (Å²) in [5.41, 5.74) is 4.82. The van der Waals surface area contributed by atoms with Gasteiger partial charge >= 0.3 is 0 Å². The third-order valence-electron chi connectivity index (χ3n) is 5.53. The highest BCUT2D eigenvalue weighted by Crippen LogP contribution is 2.45. The van der Waals surface area contributed by atoms with Crippen molar-refractivity contribution in [1.29, 1.82) is 0 Å². The van der Waals surface area contributed by atoms with Crippen LogP contribution in [-0.4, -0.2) is 21.9 Å². The summed E-state index contributed by atoms with van der Waals surface area (Å²) in [4.78, 5) is 13.7. The van der Waals surface area contributed by atoms with E-state index in [1.807, 2.05) is 42.7 Å². The largest absolute Gasteiger partial charge is 0.322 e. The first-order valence-electron chi connectivity index (χ1n) is 9.97. The number of anilines is 1. The number of rotatable bonds is 6. The molecule has 1 heterocycles. The van der Waals surface area contributed by atoms with Crippen molar-refractivity contribution in [1.82, 2.24) is 9.78 Å². The van der Waals surface area contributed by atoms with E-state index in [0.29, 0.717) is 22.4 Å². The number of benzene rings is 2. The molecule has 5 rings (SSSR count). The average molecular weight is 424 g/mol. The van der Waals surface area contributed by atoms with Gasteiger partial charge in [-0.2, -0.15) is 5.10 Å². The number of hydrogen-bond donors (Lipinski definition) is 1. The van der Waals surface area contributed by atoms with Crippen LogP contribution in [0.4, 0.5) is 5.69 Å². The molecule has 1 N–H and O–H groups in total. The molecular formula is C23H22ClN3OS. The van der Waals surface area contributed by atoms with Gasteiger partial charge in [0.15, 0.2) is 0 Å². The standard InChI is InChI=1S/C23H22ClN3OS/c1-29-18-10-11-20(24)19(12-18)23(28)25-16-6-8-17(9-7-16)27-22(15-4-5-15)13-21(26-27)14-2-3-14/h6-15H,2-5H2,1H3,(H,25,28). The molecule has 2 aromatic carbocycles. The smallest absolute Gasteiger partial charge is 0.257 e. The van der Waals surface area contributed by atoms with Crippen LogP contribution in [-0.2, 0) is 0 Å². The Bertz CT molecular complexity index is 1070. The molecule has 0 radical (unpaired) electrons. The molecule has 1 aromatic heterocycles. The van der Waals surface area contributed by atoms with Gasteiger partial charge in [0.1, 0.15) is 0 Å². The van der Waals surface area contributed by atoms with Gasteiger partial charge in [-0.15, -0.1) is 11.8 Å². The fourth-order valence-electron chi connectivity index (χ4n) is 3.56. The van der Waals surface area contributed by atoms with Gasteiger partial charge in [0.25, 0.3) is 5.91 Å². The van der Waals surface area contributed by atoms with Crippen LogP contribution in [0.3, 0.4) is 0 Å². The topological polar surface area (TPSA) is 46.9 Å². The fraction of sp³-hybridized carbons (Fsp3) is 0.304. The molecular weight excluding hydrogens is 402 g/mol. The minimum Gasteiger partial charge on any atom is -0.322 e. The minimum atomic E-state index is -0.201. The van der Waals surface area contributed by atoms with Gasteiger partial charge in [0, 0.05) is 28.1 Å². The monoisotopic (exact) mass is 423 g/mol. The van der Waals surface area contributed by atoms with Crippen molar-refractivity contribution in [2.45, 2.75) is 42.4 Å². The van der Waals surface area contributed by atoms with E-state index in [9.17, 15) is 4.79 Å². The molecule has 1 amide bonds. The maximum absolute atomic E-state index is 12.7. The summed E-state index contributed by atoms with van der Waals surface area (Å²) in [6.45, 7) is 0. The molecule has 0 spiro atoms. The summed E-state index contributed by atoms with van der Waals surface area (Å²) < 4.78 is 2.09. The number of amides is 1. The van der Waals surface area contributed by atoms with Crippen molar-refractivity contribution in [3.05, 3.63) is 70.5 Å². The maximum Gasteiger partial charge on any atom is 0.257 e. The number of aromatic nitrogens is 2. The molecule has 2 saturated carbocycles. The van der Waals surface area contributed by atoms with E-state index in [1.165, 1.54) is 37.1 Å². The lowest BCUT2D eigenvalue weighted by molar-refractivity contribution is 0.102. The second-order valence-corrected chi connectivity index (χ2v) is 9.09. The van der Waals surface area contributed by atoms with Crippen LogP contribution < -0.4 is 5.32 Å². The third-order valence-corrected chi connectivity index (χ3v) is 6.59. The summed E-state index contributed by atoms with van der Waals surface area (Å²) in [7, 11) is 0. The lowest BCUT2D eigenvalue weighted by Crippen LogP contribution is -2.12. The Morgan fingerprint density at radius 2 is 1.79 bits per heavy atom. The van der Waals surface area contributed by atoms with Gasteiger partial charge in [0.2, 0.25) is 0 Å². The van der Waals surface area contributed by atoms with Gasteiger partial charge in [0.05, 0.1) is 22.0 Å². The van der Waals surface area contributed by atoms with E-state index in [2.05, 4.69) is 16.1 Å². The number of carbonyl (C=O) groups excluding carboxylic acids is 1. The van der Waals surface area contributed by atoms with Gasteiger partial charge in [-0.05, 0) is 80.5 Å². The highest BCUT2D eigenvalue weighted by molar-refractivity contribution is 7.98. The SMILES string of the molecule is CSc1ccc(Cl)c(C(=O)Nc2ccc(-n3nc(C4CC4)cc3C3CC3)cc2)c1. The molecule has 0 unspecified atom stereocenters. The lowest BCUT2D eigenvalue weighted by atomic mass is 10.2. The van der Waals surface area contributed by atoms with Gasteiger partial charge in [-0.3, -0.25) is 4.79 Å². The third kappa shape index (κ3) is 3.94. The van der Waals surface area contributed by atoms with Crippen molar-refractivity contribution in [3.8, 4) is 5.69 Å². The summed E-state index contributed by atoms with van der Waals surface area (Å²) in [6, 6.07) is 15.7. The zero-order chi connectivity index (χ0) is 20.0. The molecule has 2 fully saturated rings. The average Bonchev–Trinajstić information content (AvgIpc) is 3.67. The molecule has 6 heteroatoms. The molecule has 0 atom stereocenters. The first kappa shape index (κ1) is 18.8. The van der Waals surface area contributed by atoms with E-state index in [0.717, 1.165) is 16.3 Å². The zero-order valence-corrected chi connectivity index (χ0v) is 17.8. The van der Waals surface area contributed by atoms with Crippen LogP contribution in [0.2, 0.25) is 5.02 Å². The Hall–Kier alpha value is -2.24. The maximum atomic E-state index is 12.7. The van der Waals surface area contributed by atoms with Crippen molar-refractivity contribution in [2.24, 2.45) is 0 Å². The Kier molecular flexibility index (Phi) is 4.88. The second-order valence-electron chi connectivity index (χ2n) is 7.80. The van der Waals surface area contributed by atoms with E-state index < -0.39 is 0 Å². The number of carbonyl (C=O) groups is 1. The fourth-order valence-corrected chi connectivity index (χ4v) is 4.20. The predicted octanol–water partition coefficient (Wildman–Crippen LogP) is 6.25. The zero-order valence-electron chi connectivity index (χ0n) is 16.2. The van der Waals surface area contributed by atoms with Gasteiger partial charge < -0.3 is 5.32 Å². The Morgan fingerprint density at radius 3 is 2.45 bits per heavy atom. The summed E-state index contributed by atoms with van der Waals surface area (Å²) in [5, 5.41) is 8.29. The molecule has 3 aromatic rings. The van der Waals surface area contributed by atoms with E-state index in [4.69, 9.17) is 16.7 Å². The first-order chi connectivity index (χ1) is 14.1. The number of thioether (sulfide) groups is 1. The van der Waals surface area contributed by atoms with Gasteiger partial charge in [-0.25, -0.2) is 4.68 Å². The molecule has 0 aliphatic heterocycles. The van der Waals surface area contributed by atoms with E-state index in [-0.39, 0.29) is 5.91 Å². The summed E-state index contributed by atoms with van der Waals surface area (Å²) in [6.07, 6.45) is 6.99. The lowest BCUT2D eigenvalue weighted by Gasteiger charge is -2.10. The summed E-state index contributed by atoms with van der Waals surface area (Å²) in [5.74, 6) is 1.08. The number of hydrogen-bond acceptors (Lipinski definition) is 3. The van der Waals surface area contributed by atoms with E-state index in [1.54, 1.807) is 17.8 Å². The molecule has 2 aliphatic rings. The van der Waals surface area contributed by atoms with E-state index >= 15 is 0 Å². The van der Waals surface area contributed by atoms with Crippen LogP contribution in [0.25, 0.3) is 5.69 Å². The molecule has 148 valence electrons. The Balaban J connectivity index is 1.36.